The average Bonchev–Trinajstić information content (AvgIpc) is 3.02. The number of hydrogen-bond acceptors (Lipinski definition) is 0. The highest BCUT2D eigenvalue weighted by Crippen LogP contribution is 2.54. The van der Waals surface area contributed by atoms with Crippen LogP contribution in [0, 0.1) is 5.41 Å². The van der Waals surface area contributed by atoms with Gasteiger partial charge in [-0.15, -0.1) is 0 Å². The molecule has 1 saturated carbocycles. The first-order chi connectivity index (χ1) is 7.21. The first-order valence-electron chi connectivity index (χ1n) is 6.49. The van der Waals surface area contributed by atoms with Crippen molar-refractivity contribution in [1.29, 1.82) is 0 Å². The van der Waals surface area contributed by atoms with Crippen LogP contribution in [0.3, 0.4) is 0 Å². The van der Waals surface area contributed by atoms with E-state index < -0.39 is 11.8 Å². The summed E-state index contributed by atoms with van der Waals surface area (Å²) in [7, 11) is 0. The largest absolute Gasteiger partial charge is 0.244 e. The van der Waals surface area contributed by atoms with Crippen LogP contribution in [0.15, 0.2) is 0 Å². The molecule has 0 unspecified atom stereocenters. The van der Waals surface area contributed by atoms with E-state index in [1.807, 2.05) is 13.8 Å². The van der Waals surface area contributed by atoms with E-state index in [-0.39, 0.29) is 0 Å². The van der Waals surface area contributed by atoms with Crippen LogP contribution in [-0.2, 0) is 0 Å². The van der Waals surface area contributed by atoms with Gasteiger partial charge >= 0.3 is 0 Å². The highest BCUT2D eigenvalue weighted by atomic mass is 19.3. The van der Waals surface area contributed by atoms with E-state index in [1.165, 1.54) is 19.3 Å². The molecule has 0 heterocycles. The summed E-state index contributed by atoms with van der Waals surface area (Å²) in [5, 5.41) is 0. The molecule has 0 saturated heterocycles. The number of hydrogen-bond donors (Lipinski definition) is 0. The summed E-state index contributed by atoms with van der Waals surface area (Å²) in [6.07, 6.45) is 6.05. The molecule has 2 heteroatoms. The van der Waals surface area contributed by atoms with Crippen molar-refractivity contribution in [3.8, 4) is 0 Å². The summed E-state index contributed by atoms with van der Waals surface area (Å²) in [5.41, 5.74) is -0.536. The van der Waals surface area contributed by atoms with Crippen molar-refractivity contribution in [1.82, 2.24) is 0 Å². The van der Waals surface area contributed by atoms with E-state index in [9.17, 15) is 8.78 Å². The molecule has 0 bridgehead atoms. The zero-order chi connectivity index (χ0) is 11.7. The van der Waals surface area contributed by atoms with Gasteiger partial charge in [0.1, 0.15) is 0 Å². The summed E-state index contributed by atoms with van der Waals surface area (Å²) < 4.78 is 24.9. The van der Waals surface area contributed by atoms with Gasteiger partial charge in [-0.1, -0.05) is 52.9 Å². The van der Waals surface area contributed by atoms with Crippen LogP contribution in [0.2, 0.25) is 0 Å². The fourth-order valence-corrected chi connectivity index (χ4v) is 1.82. The van der Waals surface area contributed by atoms with E-state index in [1.54, 1.807) is 0 Å². The third-order valence-electron chi connectivity index (χ3n) is 3.13. The Kier molecular flexibility index (Phi) is 7.99. The molecule has 1 fully saturated rings. The van der Waals surface area contributed by atoms with Crippen molar-refractivity contribution in [3.63, 3.8) is 0 Å². The minimum absolute atomic E-state index is 0.536. The fraction of sp³-hybridized carbons (Fsp3) is 1.00. The minimum Gasteiger partial charge on any atom is -0.210 e. The van der Waals surface area contributed by atoms with E-state index in [4.69, 9.17) is 0 Å². The highest BCUT2D eigenvalue weighted by molar-refractivity contribution is 4.94. The second-order valence-electron chi connectivity index (χ2n) is 4.33. The van der Waals surface area contributed by atoms with E-state index in [0.717, 1.165) is 32.1 Å². The molecular weight excluding hydrogens is 194 g/mol. The van der Waals surface area contributed by atoms with Gasteiger partial charge in [0, 0.05) is 5.41 Å². The molecule has 1 aliphatic rings. The summed E-state index contributed by atoms with van der Waals surface area (Å²) in [5.74, 6) is 0. The van der Waals surface area contributed by atoms with Gasteiger partial charge in [0.15, 0.2) is 0 Å². The van der Waals surface area contributed by atoms with Gasteiger partial charge in [-0.2, -0.15) is 0 Å². The highest BCUT2D eigenvalue weighted by Gasteiger charge is 2.49. The smallest absolute Gasteiger partial charge is 0.210 e. The Morgan fingerprint density at radius 3 is 1.93 bits per heavy atom. The van der Waals surface area contributed by atoms with Crippen LogP contribution in [-0.4, -0.2) is 6.43 Å². The molecule has 0 spiro atoms. The average molecular weight is 220 g/mol. The lowest BCUT2D eigenvalue weighted by molar-refractivity contribution is 0.0548. The number of halogens is 2. The zero-order valence-electron chi connectivity index (χ0n) is 10.5. The SMILES string of the molecule is CC.CCCCCCCC1(C(F)F)CC1. The molecule has 15 heavy (non-hydrogen) atoms. The molecule has 0 atom stereocenters. The van der Waals surface area contributed by atoms with Crippen molar-refractivity contribution in [3.05, 3.63) is 0 Å². The zero-order valence-corrected chi connectivity index (χ0v) is 10.5. The maximum absolute atomic E-state index is 12.5. The van der Waals surface area contributed by atoms with E-state index in [2.05, 4.69) is 6.92 Å². The molecule has 92 valence electrons. The Morgan fingerprint density at radius 1 is 1.00 bits per heavy atom. The second kappa shape index (κ2) is 8.06. The van der Waals surface area contributed by atoms with Gasteiger partial charge in [0.2, 0.25) is 6.43 Å². The third-order valence-corrected chi connectivity index (χ3v) is 3.13. The van der Waals surface area contributed by atoms with Crippen LogP contribution in [0.1, 0.15) is 72.1 Å². The van der Waals surface area contributed by atoms with Crippen LogP contribution < -0.4 is 0 Å². The summed E-state index contributed by atoms with van der Waals surface area (Å²) in [6.45, 7) is 6.17. The van der Waals surface area contributed by atoms with Crippen LogP contribution >= 0.6 is 0 Å². The molecule has 0 aliphatic heterocycles. The minimum atomic E-state index is -2.07. The second-order valence-corrected chi connectivity index (χ2v) is 4.33. The quantitative estimate of drug-likeness (QED) is 0.503. The predicted molar refractivity (Wildman–Crippen MR) is 62.4 cm³/mol. The lowest BCUT2D eigenvalue weighted by Gasteiger charge is -2.12. The molecule has 1 aliphatic carbocycles. The molecule has 0 aromatic heterocycles. The fourth-order valence-electron chi connectivity index (χ4n) is 1.82. The molecular formula is C13H26F2. The van der Waals surface area contributed by atoms with E-state index in [0.29, 0.717) is 0 Å². The van der Waals surface area contributed by atoms with Gasteiger partial charge in [-0.25, -0.2) is 8.78 Å². The molecule has 0 nitrogen and oxygen atoms in total. The van der Waals surface area contributed by atoms with Gasteiger partial charge in [-0.05, 0) is 19.3 Å². The third kappa shape index (κ3) is 5.48. The Balaban J connectivity index is 0.000000921. The molecule has 0 radical (unpaired) electrons. The number of rotatable bonds is 7. The Hall–Kier alpha value is -0.140. The first-order valence-corrected chi connectivity index (χ1v) is 6.49. The lowest BCUT2D eigenvalue weighted by Crippen LogP contribution is -2.11. The van der Waals surface area contributed by atoms with Gasteiger partial charge < -0.3 is 0 Å². The summed E-state index contributed by atoms with van der Waals surface area (Å²) in [4.78, 5) is 0. The predicted octanol–water partition coefficient (Wildman–Crippen LogP) is 5.42. The van der Waals surface area contributed by atoms with Gasteiger partial charge in [0.05, 0.1) is 0 Å². The van der Waals surface area contributed by atoms with Crippen molar-refractivity contribution in [2.24, 2.45) is 5.41 Å². The van der Waals surface area contributed by atoms with Gasteiger partial charge in [-0.3, -0.25) is 0 Å². The number of alkyl halides is 2. The van der Waals surface area contributed by atoms with Crippen LogP contribution in [0.5, 0.6) is 0 Å². The maximum atomic E-state index is 12.5. The Labute approximate surface area is 93.4 Å². The normalized spacial score (nSPS) is 17.2. The van der Waals surface area contributed by atoms with Crippen molar-refractivity contribution >= 4 is 0 Å². The monoisotopic (exact) mass is 220 g/mol. The standard InChI is InChI=1S/C11H20F2.C2H6/c1-2-3-4-5-6-7-11(8-9-11)10(12)13;1-2/h10H,2-9H2,1H3;1-2H3. The molecule has 0 aromatic rings. The number of unbranched alkanes of at least 4 members (excludes halogenated alkanes) is 4. The molecule has 0 amide bonds. The Bertz CT molecular complexity index is 139. The van der Waals surface area contributed by atoms with Gasteiger partial charge in [0.25, 0.3) is 0 Å². The molecule has 0 N–H and O–H groups in total. The first kappa shape index (κ1) is 14.9. The van der Waals surface area contributed by atoms with Crippen molar-refractivity contribution in [2.75, 3.05) is 0 Å². The summed E-state index contributed by atoms with van der Waals surface area (Å²) in [6, 6.07) is 0. The van der Waals surface area contributed by atoms with Crippen molar-refractivity contribution in [2.45, 2.75) is 78.6 Å². The summed E-state index contributed by atoms with van der Waals surface area (Å²) >= 11 is 0. The molecule has 0 aromatic carbocycles. The Morgan fingerprint density at radius 2 is 1.53 bits per heavy atom. The lowest BCUT2D eigenvalue weighted by atomic mass is 9.98. The topological polar surface area (TPSA) is 0 Å². The van der Waals surface area contributed by atoms with E-state index >= 15 is 0 Å². The van der Waals surface area contributed by atoms with Crippen LogP contribution in [0.25, 0.3) is 0 Å². The van der Waals surface area contributed by atoms with Crippen LogP contribution in [0.4, 0.5) is 8.78 Å². The maximum Gasteiger partial charge on any atom is 0.244 e. The van der Waals surface area contributed by atoms with Crippen molar-refractivity contribution < 1.29 is 8.78 Å². The molecule has 1 rings (SSSR count).